The van der Waals surface area contributed by atoms with Crippen molar-refractivity contribution in [2.24, 2.45) is 0 Å². The molecule has 1 aromatic carbocycles. The summed E-state index contributed by atoms with van der Waals surface area (Å²) in [6.45, 7) is 0.319. The maximum Gasteiger partial charge on any atom is 0.324 e. The molecule has 0 aromatic heterocycles. The van der Waals surface area contributed by atoms with Crippen LogP contribution in [0.4, 0.5) is 4.79 Å². The molecule has 0 saturated carbocycles. The molecule has 3 amide bonds. The number of carboxylic acids is 1. The van der Waals surface area contributed by atoms with Gasteiger partial charge in [0.2, 0.25) is 0 Å². The third-order valence-corrected chi connectivity index (χ3v) is 3.02. The monoisotopic (exact) mass is 262 g/mol. The number of benzene rings is 1. The standard InChI is InChI=1S/C13H14N2O4/c16-11(17)8-10-12(18)14-13(19)15(10)7-6-9-4-2-1-3-5-9/h1-5,10H,6-8H2,(H,16,17)(H,14,18,19). The van der Waals surface area contributed by atoms with E-state index in [1.807, 2.05) is 30.3 Å². The third kappa shape index (κ3) is 3.09. The van der Waals surface area contributed by atoms with E-state index in [0.717, 1.165) is 5.56 Å². The summed E-state index contributed by atoms with van der Waals surface area (Å²) in [5, 5.41) is 10.9. The number of carbonyl (C=O) groups excluding carboxylic acids is 2. The topological polar surface area (TPSA) is 86.7 Å². The van der Waals surface area contributed by atoms with Gasteiger partial charge in [-0.3, -0.25) is 14.9 Å². The molecule has 0 spiro atoms. The number of amides is 3. The zero-order valence-electron chi connectivity index (χ0n) is 10.2. The van der Waals surface area contributed by atoms with Gasteiger partial charge in [-0.05, 0) is 12.0 Å². The minimum atomic E-state index is -1.10. The number of urea groups is 1. The molecular weight excluding hydrogens is 248 g/mol. The number of hydrogen-bond acceptors (Lipinski definition) is 3. The van der Waals surface area contributed by atoms with Gasteiger partial charge in [0.25, 0.3) is 5.91 Å². The fourth-order valence-electron chi connectivity index (χ4n) is 2.06. The second-order valence-electron chi connectivity index (χ2n) is 4.34. The van der Waals surface area contributed by atoms with Crippen molar-refractivity contribution in [1.29, 1.82) is 0 Å². The molecule has 1 unspecified atom stereocenters. The smallest absolute Gasteiger partial charge is 0.324 e. The Hall–Kier alpha value is -2.37. The fourth-order valence-corrected chi connectivity index (χ4v) is 2.06. The SMILES string of the molecule is O=C(O)CC1C(=O)NC(=O)N1CCc1ccccc1. The molecule has 1 aliphatic heterocycles. The average molecular weight is 262 g/mol. The quantitative estimate of drug-likeness (QED) is 0.762. The summed E-state index contributed by atoms with van der Waals surface area (Å²) < 4.78 is 0. The zero-order valence-corrected chi connectivity index (χ0v) is 10.2. The van der Waals surface area contributed by atoms with Crippen molar-refractivity contribution < 1.29 is 19.5 Å². The summed E-state index contributed by atoms with van der Waals surface area (Å²) in [7, 11) is 0. The molecule has 1 atom stereocenters. The number of rotatable bonds is 5. The Kier molecular flexibility index (Phi) is 3.79. The number of aliphatic carboxylic acids is 1. The second kappa shape index (κ2) is 5.51. The number of hydrogen-bond donors (Lipinski definition) is 2. The first-order valence-corrected chi connectivity index (χ1v) is 5.95. The second-order valence-corrected chi connectivity index (χ2v) is 4.34. The molecule has 1 aliphatic rings. The normalized spacial score (nSPS) is 18.5. The fraction of sp³-hybridized carbons (Fsp3) is 0.308. The van der Waals surface area contributed by atoms with E-state index in [1.165, 1.54) is 4.90 Å². The van der Waals surface area contributed by atoms with E-state index in [9.17, 15) is 14.4 Å². The maximum atomic E-state index is 11.6. The van der Waals surface area contributed by atoms with Crippen molar-refractivity contribution in [2.75, 3.05) is 6.54 Å². The van der Waals surface area contributed by atoms with Crippen LogP contribution >= 0.6 is 0 Å². The molecular formula is C13H14N2O4. The molecule has 6 heteroatoms. The Morgan fingerprint density at radius 2 is 1.95 bits per heavy atom. The van der Waals surface area contributed by atoms with E-state index in [4.69, 9.17) is 5.11 Å². The summed E-state index contributed by atoms with van der Waals surface area (Å²) in [6, 6.07) is 8.08. The summed E-state index contributed by atoms with van der Waals surface area (Å²) in [6.07, 6.45) is 0.212. The van der Waals surface area contributed by atoms with E-state index >= 15 is 0 Å². The highest BCUT2D eigenvalue weighted by atomic mass is 16.4. The Morgan fingerprint density at radius 3 is 2.58 bits per heavy atom. The van der Waals surface area contributed by atoms with Crippen molar-refractivity contribution in [3.05, 3.63) is 35.9 Å². The molecule has 0 aliphatic carbocycles. The lowest BCUT2D eigenvalue weighted by Crippen LogP contribution is -2.38. The number of carboxylic acid groups (broad SMARTS) is 1. The van der Waals surface area contributed by atoms with Crippen LogP contribution in [-0.2, 0) is 16.0 Å². The lowest BCUT2D eigenvalue weighted by atomic mass is 10.1. The first kappa shape index (κ1) is 13.1. The van der Waals surface area contributed by atoms with Gasteiger partial charge in [-0.2, -0.15) is 0 Å². The summed E-state index contributed by atoms with van der Waals surface area (Å²) in [4.78, 5) is 35.1. The Balaban J connectivity index is 2.02. The van der Waals surface area contributed by atoms with Gasteiger partial charge in [0.15, 0.2) is 0 Å². The highest BCUT2D eigenvalue weighted by molar-refractivity contribution is 6.05. The van der Waals surface area contributed by atoms with Crippen molar-refractivity contribution in [3.63, 3.8) is 0 Å². The molecule has 0 bridgehead atoms. The number of carbonyl (C=O) groups is 3. The molecule has 6 nitrogen and oxygen atoms in total. The minimum absolute atomic E-state index is 0.319. The van der Waals surface area contributed by atoms with Gasteiger partial charge in [-0.1, -0.05) is 30.3 Å². The van der Waals surface area contributed by atoms with Crippen LogP contribution in [0.2, 0.25) is 0 Å². The van der Waals surface area contributed by atoms with E-state index in [0.29, 0.717) is 13.0 Å². The molecule has 2 rings (SSSR count). The summed E-state index contributed by atoms with van der Waals surface area (Å²) in [5.74, 6) is -1.64. The average Bonchev–Trinajstić information content (AvgIpc) is 2.63. The molecule has 19 heavy (non-hydrogen) atoms. The predicted octanol–water partition coefficient (Wildman–Crippen LogP) is 0.624. The Morgan fingerprint density at radius 1 is 1.26 bits per heavy atom. The van der Waals surface area contributed by atoms with Crippen LogP contribution in [-0.4, -0.2) is 40.5 Å². The third-order valence-electron chi connectivity index (χ3n) is 3.02. The van der Waals surface area contributed by atoms with Crippen LogP contribution in [0.1, 0.15) is 12.0 Å². The van der Waals surface area contributed by atoms with Gasteiger partial charge in [-0.15, -0.1) is 0 Å². The van der Waals surface area contributed by atoms with E-state index < -0.39 is 23.9 Å². The molecule has 0 radical (unpaired) electrons. The number of nitrogens with one attached hydrogen (secondary N) is 1. The van der Waals surface area contributed by atoms with Gasteiger partial charge in [-0.25, -0.2) is 4.79 Å². The molecule has 1 fully saturated rings. The van der Waals surface area contributed by atoms with Crippen LogP contribution in [0.5, 0.6) is 0 Å². The van der Waals surface area contributed by atoms with Crippen molar-refractivity contribution >= 4 is 17.9 Å². The van der Waals surface area contributed by atoms with Crippen LogP contribution in [0.25, 0.3) is 0 Å². The largest absolute Gasteiger partial charge is 0.481 e. The first-order valence-electron chi connectivity index (χ1n) is 5.95. The predicted molar refractivity (Wildman–Crippen MR) is 66.4 cm³/mol. The van der Waals surface area contributed by atoms with E-state index in [-0.39, 0.29) is 6.42 Å². The van der Waals surface area contributed by atoms with Crippen LogP contribution in [0, 0.1) is 0 Å². The molecule has 1 heterocycles. The highest BCUT2D eigenvalue weighted by Crippen LogP contribution is 2.13. The molecule has 100 valence electrons. The van der Waals surface area contributed by atoms with Crippen LogP contribution < -0.4 is 5.32 Å². The maximum absolute atomic E-state index is 11.6. The van der Waals surface area contributed by atoms with Gasteiger partial charge in [0, 0.05) is 6.54 Å². The van der Waals surface area contributed by atoms with E-state index in [2.05, 4.69) is 5.32 Å². The van der Waals surface area contributed by atoms with Crippen molar-refractivity contribution in [1.82, 2.24) is 10.2 Å². The summed E-state index contributed by atoms with van der Waals surface area (Å²) >= 11 is 0. The Labute approximate surface area is 110 Å². The van der Waals surface area contributed by atoms with Crippen molar-refractivity contribution in [2.45, 2.75) is 18.9 Å². The molecule has 1 saturated heterocycles. The van der Waals surface area contributed by atoms with Crippen LogP contribution in [0.3, 0.4) is 0 Å². The van der Waals surface area contributed by atoms with Crippen LogP contribution in [0.15, 0.2) is 30.3 Å². The zero-order chi connectivity index (χ0) is 13.8. The highest BCUT2D eigenvalue weighted by Gasteiger charge is 2.39. The van der Waals surface area contributed by atoms with Gasteiger partial charge in [0.1, 0.15) is 6.04 Å². The number of nitrogens with zero attached hydrogens (tertiary/aromatic N) is 1. The number of imide groups is 1. The van der Waals surface area contributed by atoms with Gasteiger partial charge >= 0.3 is 12.0 Å². The Bertz CT molecular complexity index is 501. The lowest BCUT2D eigenvalue weighted by molar-refractivity contribution is -0.140. The minimum Gasteiger partial charge on any atom is -0.481 e. The summed E-state index contributed by atoms with van der Waals surface area (Å²) in [5.41, 5.74) is 1.03. The lowest BCUT2D eigenvalue weighted by Gasteiger charge is -2.20. The first-order chi connectivity index (χ1) is 9.08. The van der Waals surface area contributed by atoms with Gasteiger partial charge in [0.05, 0.1) is 6.42 Å². The van der Waals surface area contributed by atoms with Gasteiger partial charge < -0.3 is 10.0 Å². The molecule has 2 N–H and O–H groups in total. The van der Waals surface area contributed by atoms with E-state index in [1.54, 1.807) is 0 Å². The van der Waals surface area contributed by atoms with Crippen molar-refractivity contribution in [3.8, 4) is 0 Å². The molecule has 1 aromatic rings.